The molecule has 20 heavy (non-hydrogen) atoms. The Labute approximate surface area is 121 Å². The van der Waals surface area contributed by atoms with Crippen LogP contribution in [0.5, 0.6) is 0 Å². The van der Waals surface area contributed by atoms with E-state index in [9.17, 15) is 9.59 Å². The van der Waals surface area contributed by atoms with Gasteiger partial charge in [-0.05, 0) is 55.3 Å². The van der Waals surface area contributed by atoms with Crippen molar-refractivity contribution in [1.82, 2.24) is 0 Å². The zero-order valence-electron chi connectivity index (χ0n) is 11.0. The number of hydrogen-bond donors (Lipinski definition) is 0. The molecule has 0 aliphatic heterocycles. The Morgan fingerprint density at radius 3 is 2.65 bits per heavy atom. The number of allylic oxidation sites excluding steroid dienone is 4. The Hall–Kier alpha value is -2.20. The summed E-state index contributed by atoms with van der Waals surface area (Å²) in [5, 5.41) is 4.23. The maximum Gasteiger partial charge on any atom is 0.365 e. The van der Waals surface area contributed by atoms with Gasteiger partial charge in [0.15, 0.2) is 5.78 Å². The number of carbonyl (C=O) groups is 2. The topological polar surface area (TPSA) is 55.7 Å². The average Bonchev–Trinajstić information content (AvgIpc) is 2.41. The molecule has 2 rings (SSSR count). The highest BCUT2D eigenvalue weighted by Gasteiger charge is 2.14. The highest BCUT2D eigenvalue weighted by molar-refractivity contribution is 6.30. The Morgan fingerprint density at radius 2 is 1.95 bits per heavy atom. The van der Waals surface area contributed by atoms with E-state index in [1.165, 1.54) is 12.1 Å². The molecule has 5 heteroatoms. The van der Waals surface area contributed by atoms with Gasteiger partial charge in [0.05, 0.1) is 5.56 Å². The number of rotatable bonds is 2. The fraction of sp³-hybridized carbons (Fsp3) is 0.133. The molecule has 4 nitrogen and oxygen atoms in total. The molecular formula is C15H12ClNO3. The molecule has 0 atom stereocenters. The van der Waals surface area contributed by atoms with Crippen LogP contribution in [0.2, 0.25) is 5.02 Å². The van der Waals surface area contributed by atoms with Crippen LogP contribution < -0.4 is 0 Å². The molecule has 0 spiro atoms. The Kier molecular flexibility index (Phi) is 4.15. The number of hydrogen-bond acceptors (Lipinski definition) is 4. The number of carbonyl (C=O) groups excluding carboxylic acids is 2. The lowest BCUT2D eigenvalue weighted by molar-refractivity contribution is -0.111. The smallest absolute Gasteiger partial charge is 0.312 e. The molecule has 0 saturated heterocycles. The number of halogens is 1. The first kappa shape index (κ1) is 14.2. The monoisotopic (exact) mass is 289 g/mol. The second kappa shape index (κ2) is 5.84. The molecule has 0 unspecified atom stereocenters. The predicted octanol–water partition coefficient (Wildman–Crippen LogP) is 3.33. The minimum Gasteiger partial charge on any atom is -0.312 e. The molecule has 1 aromatic rings. The van der Waals surface area contributed by atoms with Crippen LogP contribution in [0.1, 0.15) is 24.2 Å². The summed E-state index contributed by atoms with van der Waals surface area (Å²) < 4.78 is 0. The van der Waals surface area contributed by atoms with Gasteiger partial charge in [0.1, 0.15) is 5.71 Å². The van der Waals surface area contributed by atoms with Crippen molar-refractivity contribution in [3.8, 4) is 0 Å². The van der Waals surface area contributed by atoms with Crippen molar-refractivity contribution >= 4 is 29.1 Å². The zero-order chi connectivity index (χ0) is 14.7. The standard InChI is InChI=1S/C15H12ClNO3/c1-9-7-14(18)10(2)6-13(9)17-20-15(19)11-4-3-5-12(16)8-11/h3-8H,1-2H3. The van der Waals surface area contributed by atoms with Crippen molar-refractivity contribution in [2.24, 2.45) is 5.16 Å². The summed E-state index contributed by atoms with van der Waals surface area (Å²) in [7, 11) is 0. The third kappa shape index (κ3) is 3.22. The largest absolute Gasteiger partial charge is 0.365 e. The molecule has 102 valence electrons. The zero-order valence-corrected chi connectivity index (χ0v) is 11.8. The molecule has 0 N–H and O–H groups in total. The molecule has 0 heterocycles. The molecule has 0 radical (unpaired) electrons. The summed E-state index contributed by atoms with van der Waals surface area (Å²) in [6.07, 6.45) is 3.05. The Balaban J connectivity index is 2.15. The van der Waals surface area contributed by atoms with Gasteiger partial charge in [-0.1, -0.05) is 22.8 Å². The van der Waals surface area contributed by atoms with Crippen LogP contribution in [0.3, 0.4) is 0 Å². The normalized spacial score (nSPS) is 16.8. The van der Waals surface area contributed by atoms with Gasteiger partial charge in [-0.25, -0.2) is 4.79 Å². The van der Waals surface area contributed by atoms with E-state index in [1.807, 2.05) is 0 Å². The minimum atomic E-state index is -0.601. The summed E-state index contributed by atoms with van der Waals surface area (Å²) in [4.78, 5) is 28.1. The van der Waals surface area contributed by atoms with E-state index in [4.69, 9.17) is 16.4 Å². The van der Waals surface area contributed by atoms with Crippen LogP contribution in [0.25, 0.3) is 0 Å². The fourth-order valence-corrected chi connectivity index (χ4v) is 1.82. The van der Waals surface area contributed by atoms with Gasteiger partial charge in [-0.2, -0.15) is 0 Å². The van der Waals surface area contributed by atoms with Crippen molar-refractivity contribution in [2.45, 2.75) is 13.8 Å². The first-order valence-electron chi connectivity index (χ1n) is 5.93. The second-order valence-electron chi connectivity index (χ2n) is 4.38. The summed E-state index contributed by atoms with van der Waals surface area (Å²) in [6, 6.07) is 6.40. The average molecular weight is 290 g/mol. The molecule has 0 saturated carbocycles. The highest BCUT2D eigenvalue weighted by atomic mass is 35.5. The first-order chi connectivity index (χ1) is 9.47. The number of ketones is 1. The summed E-state index contributed by atoms with van der Waals surface area (Å²) in [5.74, 6) is -0.668. The molecule has 0 bridgehead atoms. The molecule has 1 aliphatic carbocycles. The van der Waals surface area contributed by atoms with Gasteiger partial charge in [0.25, 0.3) is 0 Å². The maximum atomic E-state index is 11.8. The van der Waals surface area contributed by atoms with Crippen molar-refractivity contribution in [1.29, 1.82) is 0 Å². The van der Waals surface area contributed by atoms with E-state index in [0.29, 0.717) is 27.4 Å². The fourth-order valence-electron chi connectivity index (χ4n) is 1.63. The van der Waals surface area contributed by atoms with Crippen molar-refractivity contribution in [3.63, 3.8) is 0 Å². The third-order valence-electron chi connectivity index (χ3n) is 2.78. The van der Waals surface area contributed by atoms with E-state index in [-0.39, 0.29) is 5.78 Å². The van der Waals surface area contributed by atoms with E-state index in [1.54, 1.807) is 38.1 Å². The summed E-state index contributed by atoms with van der Waals surface area (Å²) >= 11 is 5.80. The van der Waals surface area contributed by atoms with Crippen LogP contribution in [0, 0.1) is 0 Å². The lowest BCUT2D eigenvalue weighted by Gasteiger charge is -2.08. The van der Waals surface area contributed by atoms with Gasteiger partial charge < -0.3 is 4.84 Å². The van der Waals surface area contributed by atoms with Crippen molar-refractivity contribution < 1.29 is 14.4 Å². The Bertz CT molecular complexity index is 671. The van der Waals surface area contributed by atoms with E-state index >= 15 is 0 Å². The molecular weight excluding hydrogens is 278 g/mol. The van der Waals surface area contributed by atoms with Crippen LogP contribution in [0.15, 0.2) is 52.7 Å². The molecule has 0 aromatic heterocycles. The molecule has 0 fully saturated rings. The van der Waals surface area contributed by atoms with Crippen LogP contribution in [-0.4, -0.2) is 17.5 Å². The van der Waals surface area contributed by atoms with E-state index in [2.05, 4.69) is 5.16 Å². The van der Waals surface area contributed by atoms with Gasteiger partial charge in [0, 0.05) is 5.02 Å². The minimum absolute atomic E-state index is 0.0670. The SMILES string of the molecule is CC1=CC(=NOC(=O)c2cccc(Cl)c2)C(C)=CC1=O. The van der Waals surface area contributed by atoms with Gasteiger partial charge in [0.2, 0.25) is 0 Å². The lowest BCUT2D eigenvalue weighted by atomic mass is 9.99. The van der Waals surface area contributed by atoms with Crippen LogP contribution in [0.4, 0.5) is 0 Å². The Morgan fingerprint density at radius 1 is 1.20 bits per heavy atom. The van der Waals surface area contributed by atoms with E-state index in [0.717, 1.165) is 0 Å². The van der Waals surface area contributed by atoms with Gasteiger partial charge in [-0.15, -0.1) is 0 Å². The highest BCUT2D eigenvalue weighted by Crippen LogP contribution is 2.14. The molecule has 1 aromatic carbocycles. The van der Waals surface area contributed by atoms with Crippen molar-refractivity contribution in [2.75, 3.05) is 0 Å². The maximum absolute atomic E-state index is 11.8. The number of oxime groups is 1. The number of nitrogens with zero attached hydrogens (tertiary/aromatic N) is 1. The van der Waals surface area contributed by atoms with Crippen molar-refractivity contribution in [3.05, 3.63) is 58.1 Å². The van der Waals surface area contributed by atoms with E-state index < -0.39 is 5.97 Å². The van der Waals surface area contributed by atoms with Crippen LogP contribution >= 0.6 is 11.6 Å². The first-order valence-corrected chi connectivity index (χ1v) is 6.31. The molecule has 0 amide bonds. The van der Waals surface area contributed by atoms with Gasteiger partial charge in [-0.3, -0.25) is 4.79 Å². The third-order valence-corrected chi connectivity index (χ3v) is 3.02. The number of benzene rings is 1. The van der Waals surface area contributed by atoms with Crippen LogP contribution in [-0.2, 0) is 9.63 Å². The predicted molar refractivity (Wildman–Crippen MR) is 76.8 cm³/mol. The summed E-state index contributed by atoms with van der Waals surface area (Å²) in [6.45, 7) is 3.41. The summed E-state index contributed by atoms with van der Waals surface area (Å²) in [5.41, 5.74) is 1.97. The molecule has 1 aliphatic rings. The quantitative estimate of drug-likeness (QED) is 0.477. The van der Waals surface area contributed by atoms with Gasteiger partial charge >= 0.3 is 5.97 Å². The lowest BCUT2D eigenvalue weighted by Crippen LogP contribution is -2.11. The second-order valence-corrected chi connectivity index (χ2v) is 4.82.